The number of rotatable bonds is 15. The average molecular weight is 655 g/mol. The molecule has 0 aromatic heterocycles. The van der Waals surface area contributed by atoms with Gasteiger partial charge in [-0.25, -0.2) is 24.0 Å². The van der Waals surface area contributed by atoms with E-state index < -0.39 is 30.0 Å². The highest BCUT2D eigenvalue weighted by atomic mass is 16.6. The van der Waals surface area contributed by atoms with E-state index in [9.17, 15) is 24.0 Å². The van der Waals surface area contributed by atoms with Gasteiger partial charge in [0.05, 0.1) is 0 Å². The van der Waals surface area contributed by atoms with Gasteiger partial charge in [0.15, 0.2) is 6.10 Å². The number of esters is 5. The number of ether oxygens (including phenoxy) is 5. The summed E-state index contributed by atoms with van der Waals surface area (Å²) < 4.78 is 24.6. The zero-order valence-electron chi connectivity index (χ0n) is 26.5. The van der Waals surface area contributed by atoms with Gasteiger partial charge in [-0.2, -0.15) is 0 Å². The highest BCUT2D eigenvalue weighted by Crippen LogP contribution is 2.18. The molecular weight excluding hydrogens is 616 g/mol. The molecule has 3 aromatic carbocycles. The predicted octanol–water partition coefficient (Wildman–Crippen LogP) is 6.25. The molecule has 10 heteroatoms. The van der Waals surface area contributed by atoms with Crippen LogP contribution >= 0.6 is 0 Å². The van der Waals surface area contributed by atoms with Crippen LogP contribution in [0.2, 0.25) is 0 Å². The second-order valence-electron chi connectivity index (χ2n) is 9.12. The van der Waals surface area contributed by atoms with Crippen LogP contribution in [0, 0.1) is 0 Å². The van der Waals surface area contributed by atoms with Crippen molar-refractivity contribution in [1.29, 1.82) is 0 Å². The van der Waals surface area contributed by atoms with Crippen molar-refractivity contribution in [2.24, 2.45) is 0 Å². The molecule has 0 aliphatic carbocycles. The van der Waals surface area contributed by atoms with Crippen molar-refractivity contribution in [3.05, 3.63) is 170 Å². The molecule has 0 aliphatic rings. The molecule has 0 fully saturated rings. The predicted molar refractivity (Wildman–Crippen MR) is 179 cm³/mol. The summed E-state index contributed by atoms with van der Waals surface area (Å²) in [6.45, 7) is 17.1. The van der Waals surface area contributed by atoms with Gasteiger partial charge in [0.25, 0.3) is 0 Å². The Bertz CT molecular complexity index is 1490. The van der Waals surface area contributed by atoms with Gasteiger partial charge < -0.3 is 23.7 Å². The Balaban J connectivity index is 0.000000368. The molecule has 0 saturated heterocycles. The number of benzene rings is 3. The van der Waals surface area contributed by atoms with Gasteiger partial charge >= 0.3 is 29.8 Å². The molecule has 0 heterocycles. The third-order valence-electron chi connectivity index (χ3n) is 5.62. The molecular formula is C38H38O10. The van der Waals surface area contributed by atoms with Crippen molar-refractivity contribution >= 4 is 29.8 Å². The maximum Gasteiger partial charge on any atom is 0.330 e. The van der Waals surface area contributed by atoms with Crippen LogP contribution in [0.4, 0.5) is 0 Å². The molecule has 48 heavy (non-hydrogen) atoms. The van der Waals surface area contributed by atoms with E-state index >= 15 is 0 Å². The third-order valence-corrected chi connectivity index (χ3v) is 5.62. The molecule has 3 aromatic rings. The van der Waals surface area contributed by atoms with Crippen molar-refractivity contribution in [2.75, 3.05) is 6.61 Å². The fraction of sp³-hybridized carbons (Fsp3) is 0.132. The monoisotopic (exact) mass is 654 g/mol. The molecule has 0 aliphatic heterocycles. The highest BCUT2D eigenvalue weighted by Gasteiger charge is 2.17. The van der Waals surface area contributed by atoms with E-state index in [1.54, 1.807) is 36.4 Å². The third kappa shape index (κ3) is 17.9. The molecule has 0 N–H and O–H groups in total. The molecule has 1 unspecified atom stereocenters. The maximum absolute atomic E-state index is 11.2. The van der Waals surface area contributed by atoms with Gasteiger partial charge in [0.1, 0.15) is 26.4 Å². The summed E-state index contributed by atoms with van der Waals surface area (Å²) in [6.07, 6.45) is 4.83. The SMILES string of the molecule is C=CC(=O)OCC(OC(=O)C=C)c1ccccc1.C=CC(=O)OCc1cccc(COC(=O)C=C)c1.C=CC(=O)OCc1ccccc1. The van der Waals surface area contributed by atoms with Gasteiger partial charge in [-0.1, -0.05) is 112 Å². The number of carbonyl (C=O) groups excluding carboxylic acids is 5. The van der Waals surface area contributed by atoms with Crippen LogP contribution in [0.1, 0.15) is 28.4 Å². The summed E-state index contributed by atoms with van der Waals surface area (Å²) in [5.74, 6) is -2.47. The minimum Gasteiger partial charge on any atom is -0.458 e. The summed E-state index contributed by atoms with van der Waals surface area (Å²) in [7, 11) is 0. The van der Waals surface area contributed by atoms with Crippen molar-refractivity contribution in [3.8, 4) is 0 Å². The van der Waals surface area contributed by atoms with Crippen LogP contribution in [0.5, 0.6) is 0 Å². The lowest BCUT2D eigenvalue weighted by Gasteiger charge is -2.16. The Morgan fingerprint density at radius 2 is 0.854 bits per heavy atom. The van der Waals surface area contributed by atoms with Crippen molar-refractivity contribution in [2.45, 2.75) is 25.9 Å². The second kappa shape index (κ2) is 24.0. The summed E-state index contributed by atoms with van der Waals surface area (Å²) >= 11 is 0. The molecule has 0 saturated carbocycles. The van der Waals surface area contributed by atoms with E-state index in [1.807, 2.05) is 48.5 Å². The van der Waals surface area contributed by atoms with Gasteiger partial charge in [0.2, 0.25) is 0 Å². The number of carbonyl (C=O) groups is 5. The van der Waals surface area contributed by atoms with E-state index in [1.165, 1.54) is 0 Å². The molecule has 10 nitrogen and oxygen atoms in total. The highest BCUT2D eigenvalue weighted by molar-refractivity contribution is 5.83. The average Bonchev–Trinajstić information content (AvgIpc) is 3.14. The van der Waals surface area contributed by atoms with Crippen molar-refractivity contribution in [3.63, 3.8) is 0 Å². The minimum atomic E-state index is -0.652. The lowest BCUT2D eigenvalue weighted by Crippen LogP contribution is -2.17. The molecule has 0 spiro atoms. The Kier molecular flexibility index (Phi) is 19.9. The quantitative estimate of drug-likeness (QED) is 0.105. The van der Waals surface area contributed by atoms with Crippen LogP contribution in [0.3, 0.4) is 0 Å². The largest absolute Gasteiger partial charge is 0.458 e. The lowest BCUT2D eigenvalue weighted by atomic mass is 10.1. The first-order valence-electron chi connectivity index (χ1n) is 14.3. The standard InChI is InChI=1S/2C14H14O4.C10H10O2/c1-3-13(15)17-9-11-6-5-7-12(8-11)10-18-14(16)4-2;1-3-13(15)17-10-12(18-14(16)4-2)11-8-6-5-7-9-11;1-2-10(11)12-8-9-6-4-3-5-7-9/h3-8H,1-2,9-10H2;3-9,12H,1-2,10H2;2-7H,1,8H2. The smallest absolute Gasteiger partial charge is 0.330 e. The number of hydrogen-bond donors (Lipinski definition) is 0. The van der Waals surface area contributed by atoms with Crippen LogP contribution in [-0.4, -0.2) is 36.5 Å². The minimum absolute atomic E-state index is 0.0611. The Hall–Kier alpha value is -6.29. The van der Waals surface area contributed by atoms with Crippen LogP contribution in [0.15, 0.2) is 148 Å². The lowest BCUT2D eigenvalue weighted by molar-refractivity contribution is -0.153. The van der Waals surface area contributed by atoms with Gasteiger partial charge in [0, 0.05) is 30.4 Å². The van der Waals surface area contributed by atoms with E-state index in [0.29, 0.717) is 6.61 Å². The fourth-order valence-corrected chi connectivity index (χ4v) is 3.29. The first kappa shape index (κ1) is 39.7. The van der Waals surface area contributed by atoms with Gasteiger partial charge in [-0.3, -0.25) is 0 Å². The zero-order valence-corrected chi connectivity index (χ0v) is 26.5. The van der Waals surface area contributed by atoms with Crippen molar-refractivity contribution in [1.82, 2.24) is 0 Å². The fourth-order valence-electron chi connectivity index (χ4n) is 3.29. The number of hydrogen-bond acceptors (Lipinski definition) is 10. The van der Waals surface area contributed by atoms with E-state index in [0.717, 1.165) is 52.6 Å². The van der Waals surface area contributed by atoms with E-state index in [4.69, 9.17) is 23.7 Å². The van der Waals surface area contributed by atoms with Crippen LogP contribution in [-0.2, 0) is 67.5 Å². The molecule has 0 bridgehead atoms. The molecule has 0 radical (unpaired) electrons. The Labute approximate surface area is 280 Å². The normalized spacial score (nSPS) is 9.92. The topological polar surface area (TPSA) is 132 Å². The van der Waals surface area contributed by atoms with Crippen LogP contribution in [0.25, 0.3) is 0 Å². The van der Waals surface area contributed by atoms with Crippen LogP contribution < -0.4 is 0 Å². The summed E-state index contributed by atoms with van der Waals surface area (Å²) in [5.41, 5.74) is 3.35. The van der Waals surface area contributed by atoms with Crippen molar-refractivity contribution < 1.29 is 47.7 Å². The summed E-state index contributed by atoms with van der Waals surface area (Å²) in [6, 6.07) is 25.8. The first-order valence-corrected chi connectivity index (χ1v) is 14.3. The van der Waals surface area contributed by atoms with E-state index in [2.05, 4.69) is 32.9 Å². The molecule has 3 rings (SSSR count). The second-order valence-corrected chi connectivity index (χ2v) is 9.12. The summed E-state index contributed by atoms with van der Waals surface area (Å²) in [5, 5.41) is 0. The molecule has 0 amide bonds. The molecule has 1 atom stereocenters. The Morgan fingerprint density at radius 1 is 0.479 bits per heavy atom. The van der Waals surface area contributed by atoms with Gasteiger partial charge in [-0.15, -0.1) is 0 Å². The zero-order chi connectivity index (χ0) is 35.6. The maximum atomic E-state index is 11.2. The molecule has 250 valence electrons. The van der Waals surface area contributed by atoms with Gasteiger partial charge in [-0.05, 0) is 28.3 Å². The van der Waals surface area contributed by atoms with E-state index in [-0.39, 0.29) is 25.8 Å². The first-order chi connectivity index (χ1) is 23.1. The Morgan fingerprint density at radius 3 is 1.29 bits per heavy atom. The summed E-state index contributed by atoms with van der Waals surface area (Å²) in [4.78, 5) is 54.7.